The molecule has 3 rings (SSSR count). The summed E-state index contributed by atoms with van der Waals surface area (Å²) in [5, 5.41) is 1.17. The van der Waals surface area contributed by atoms with Crippen molar-refractivity contribution in [2.75, 3.05) is 31.1 Å². The number of aromatic nitrogens is 2. The number of carbonyl (C=O) groups is 1. The lowest BCUT2D eigenvalue weighted by Crippen LogP contribution is -2.50. The fraction of sp³-hybridized carbons (Fsp3) is 0.471. The molecule has 1 aliphatic rings. The summed E-state index contributed by atoms with van der Waals surface area (Å²) in [6, 6.07) is 3.39. The predicted molar refractivity (Wildman–Crippen MR) is 102 cm³/mol. The Bertz CT molecular complexity index is 851. The minimum Gasteiger partial charge on any atom is -0.444 e. The Morgan fingerprint density at radius 2 is 1.88 bits per heavy atom. The van der Waals surface area contributed by atoms with Gasteiger partial charge in [0.15, 0.2) is 0 Å². The molecule has 1 fully saturated rings. The van der Waals surface area contributed by atoms with Crippen LogP contribution in [0.1, 0.15) is 20.8 Å². The van der Waals surface area contributed by atoms with Crippen molar-refractivity contribution in [3.8, 4) is 0 Å². The molecule has 9 heteroatoms. The van der Waals surface area contributed by atoms with Crippen LogP contribution in [0.4, 0.5) is 15.0 Å². The van der Waals surface area contributed by atoms with Gasteiger partial charge in [-0.1, -0.05) is 11.6 Å². The summed E-state index contributed by atoms with van der Waals surface area (Å²) in [5.74, 6) is 0.478. The molecule has 0 N–H and O–H groups in total. The Morgan fingerprint density at radius 1 is 1.23 bits per heavy atom. The second-order valence-corrected chi connectivity index (χ2v) is 8.32. The van der Waals surface area contributed by atoms with Gasteiger partial charge >= 0.3 is 12.2 Å². The van der Waals surface area contributed by atoms with Crippen LogP contribution in [0.3, 0.4) is 0 Å². The third kappa shape index (κ3) is 4.17. The number of hydrogen-bond donors (Lipinski definition) is 0. The highest BCUT2D eigenvalue weighted by atomic mass is 79.9. The van der Waals surface area contributed by atoms with Gasteiger partial charge in [0.1, 0.15) is 11.4 Å². The summed E-state index contributed by atoms with van der Waals surface area (Å²) in [6.07, 6.45) is -1.14. The monoisotopic (exact) mass is 444 g/mol. The van der Waals surface area contributed by atoms with Crippen molar-refractivity contribution < 1.29 is 13.9 Å². The molecule has 1 aromatic heterocycles. The Hall–Kier alpha value is -1.67. The van der Waals surface area contributed by atoms with E-state index in [-0.39, 0.29) is 6.09 Å². The number of amides is 1. The number of ether oxygens (including phenoxy) is 1. The molecular weight excluding hydrogens is 427 g/mol. The molecule has 26 heavy (non-hydrogen) atoms. The molecule has 1 aromatic carbocycles. The van der Waals surface area contributed by atoms with E-state index in [2.05, 4.69) is 25.9 Å². The number of piperazine rings is 1. The van der Waals surface area contributed by atoms with E-state index < -0.39 is 11.7 Å². The van der Waals surface area contributed by atoms with Gasteiger partial charge < -0.3 is 14.5 Å². The smallest absolute Gasteiger partial charge is 0.410 e. The summed E-state index contributed by atoms with van der Waals surface area (Å²) < 4.78 is 19.9. The zero-order chi connectivity index (χ0) is 19.1. The van der Waals surface area contributed by atoms with Crippen LogP contribution in [0.15, 0.2) is 16.6 Å². The van der Waals surface area contributed by atoms with Gasteiger partial charge in [-0.25, -0.2) is 9.78 Å². The van der Waals surface area contributed by atoms with Gasteiger partial charge in [-0.3, -0.25) is 0 Å². The van der Waals surface area contributed by atoms with Crippen LogP contribution >= 0.6 is 27.5 Å². The molecule has 0 bridgehead atoms. The number of carbonyl (C=O) groups excluding carboxylic acids is 1. The molecule has 6 nitrogen and oxygen atoms in total. The molecule has 0 unspecified atom stereocenters. The van der Waals surface area contributed by atoms with Crippen LogP contribution in [0.5, 0.6) is 0 Å². The number of benzene rings is 1. The van der Waals surface area contributed by atoms with Crippen molar-refractivity contribution in [1.29, 1.82) is 0 Å². The maximum atomic E-state index is 13.9. The highest BCUT2D eigenvalue weighted by Crippen LogP contribution is 2.32. The largest absolute Gasteiger partial charge is 0.444 e. The Balaban J connectivity index is 1.81. The van der Waals surface area contributed by atoms with Crippen molar-refractivity contribution in [2.24, 2.45) is 0 Å². The predicted octanol–water partition coefficient (Wildman–Crippen LogP) is 4.24. The summed E-state index contributed by atoms with van der Waals surface area (Å²) >= 11 is 9.50. The van der Waals surface area contributed by atoms with Crippen LogP contribution in [0, 0.1) is 6.08 Å². The molecule has 2 heterocycles. The van der Waals surface area contributed by atoms with E-state index in [4.69, 9.17) is 16.3 Å². The molecule has 1 aliphatic heterocycles. The van der Waals surface area contributed by atoms with Gasteiger partial charge in [0, 0.05) is 36.0 Å². The molecule has 2 aromatic rings. The van der Waals surface area contributed by atoms with Crippen LogP contribution in [-0.4, -0.2) is 52.7 Å². The van der Waals surface area contributed by atoms with E-state index in [1.807, 2.05) is 25.7 Å². The molecular formula is C17H19BrClFN4O2. The average Bonchev–Trinajstić information content (AvgIpc) is 2.54. The second-order valence-electron chi connectivity index (χ2n) is 7.05. The molecule has 0 atom stereocenters. The SMILES string of the molecule is CC(C)(C)OC(=O)N1CCN(c2nc(F)nc3cc(Br)c(Cl)cc23)CC1. The van der Waals surface area contributed by atoms with Gasteiger partial charge in [0.05, 0.1) is 10.5 Å². The number of hydrogen-bond acceptors (Lipinski definition) is 5. The third-order valence-electron chi connectivity index (χ3n) is 3.92. The molecule has 1 saturated heterocycles. The summed E-state index contributed by atoms with van der Waals surface area (Å²) in [7, 11) is 0. The summed E-state index contributed by atoms with van der Waals surface area (Å²) in [4.78, 5) is 23.6. The van der Waals surface area contributed by atoms with Crippen molar-refractivity contribution >= 4 is 50.3 Å². The first-order valence-electron chi connectivity index (χ1n) is 8.19. The van der Waals surface area contributed by atoms with Crippen LogP contribution in [-0.2, 0) is 4.74 Å². The highest BCUT2D eigenvalue weighted by molar-refractivity contribution is 9.10. The standard InChI is InChI=1S/C17H19BrClFN4O2/c1-17(2,3)26-16(25)24-6-4-23(5-7-24)14-10-8-12(19)11(18)9-13(10)21-15(20)22-14/h8-9H,4-7H2,1-3H3. The number of halogens is 3. The van der Waals surface area contributed by atoms with E-state index in [1.54, 1.807) is 17.0 Å². The maximum Gasteiger partial charge on any atom is 0.410 e. The zero-order valence-electron chi connectivity index (χ0n) is 14.7. The van der Waals surface area contributed by atoms with Gasteiger partial charge in [0.2, 0.25) is 0 Å². The van der Waals surface area contributed by atoms with E-state index in [1.165, 1.54) is 0 Å². The fourth-order valence-corrected chi connectivity index (χ4v) is 3.24. The second kappa shape index (κ2) is 7.15. The van der Waals surface area contributed by atoms with Crippen LogP contribution in [0.2, 0.25) is 5.02 Å². The van der Waals surface area contributed by atoms with Crippen molar-refractivity contribution in [1.82, 2.24) is 14.9 Å². The lowest BCUT2D eigenvalue weighted by molar-refractivity contribution is 0.0240. The quantitative estimate of drug-likeness (QED) is 0.615. The topological polar surface area (TPSA) is 58.6 Å². The number of rotatable bonds is 1. The summed E-state index contributed by atoms with van der Waals surface area (Å²) in [6.45, 7) is 7.45. The third-order valence-corrected chi connectivity index (χ3v) is 5.12. The van der Waals surface area contributed by atoms with Gasteiger partial charge in [-0.2, -0.15) is 9.37 Å². The van der Waals surface area contributed by atoms with E-state index >= 15 is 0 Å². The minimum atomic E-state index is -0.795. The number of nitrogens with zero attached hydrogens (tertiary/aromatic N) is 4. The average molecular weight is 446 g/mol. The van der Waals surface area contributed by atoms with Gasteiger partial charge in [0.25, 0.3) is 0 Å². The normalized spacial score (nSPS) is 15.5. The van der Waals surface area contributed by atoms with Crippen molar-refractivity contribution in [2.45, 2.75) is 26.4 Å². The van der Waals surface area contributed by atoms with Crippen LogP contribution in [0.25, 0.3) is 10.9 Å². The summed E-state index contributed by atoms with van der Waals surface area (Å²) in [5.41, 5.74) is -0.0667. The Labute approximate surface area is 164 Å². The maximum absolute atomic E-state index is 13.9. The van der Waals surface area contributed by atoms with E-state index in [0.29, 0.717) is 52.4 Å². The Morgan fingerprint density at radius 3 is 2.50 bits per heavy atom. The first kappa shape index (κ1) is 19.1. The number of anilines is 1. The molecule has 1 amide bonds. The van der Waals surface area contributed by atoms with E-state index in [9.17, 15) is 9.18 Å². The van der Waals surface area contributed by atoms with E-state index in [0.717, 1.165) is 0 Å². The lowest BCUT2D eigenvalue weighted by atomic mass is 10.2. The zero-order valence-corrected chi connectivity index (χ0v) is 17.1. The first-order chi connectivity index (χ1) is 12.1. The first-order valence-corrected chi connectivity index (χ1v) is 9.36. The van der Waals surface area contributed by atoms with Gasteiger partial charge in [-0.05, 0) is 48.8 Å². The minimum absolute atomic E-state index is 0.345. The lowest BCUT2D eigenvalue weighted by Gasteiger charge is -2.36. The number of fused-ring (bicyclic) bond motifs is 1. The molecule has 0 saturated carbocycles. The molecule has 0 aliphatic carbocycles. The highest BCUT2D eigenvalue weighted by Gasteiger charge is 2.27. The fourth-order valence-electron chi connectivity index (χ4n) is 2.75. The van der Waals surface area contributed by atoms with Crippen LogP contribution < -0.4 is 4.90 Å². The van der Waals surface area contributed by atoms with Crippen molar-refractivity contribution in [3.05, 3.63) is 27.7 Å². The molecule has 0 spiro atoms. The van der Waals surface area contributed by atoms with Gasteiger partial charge in [-0.15, -0.1) is 0 Å². The Kier molecular flexibility index (Phi) is 5.25. The van der Waals surface area contributed by atoms with Crippen molar-refractivity contribution in [3.63, 3.8) is 0 Å². The molecule has 140 valence electrons. The molecule has 0 radical (unpaired) electrons.